The maximum atomic E-state index is 11.2. The Morgan fingerprint density at radius 3 is 1.60 bits per heavy atom. The van der Waals surface area contributed by atoms with Gasteiger partial charge >= 0.3 is 19.2 Å². The number of Topliss-reactive ketones (excluding diaryl/α,β-unsaturated/α-hetero) is 2. The van der Waals surface area contributed by atoms with Crippen LogP contribution in [0.3, 0.4) is 0 Å². The number of aldehydes is 1. The van der Waals surface area contributed by atoms with Crippen molar-refractivity contribution < 1.29 is 49.0 Å². The number of carbonyl (C=O) groups excluding carboxylic acids is 5. The van der Waals surface area contributed by atoms with Gasteiger partial charge in [0.25, 0.3) is 0 Å². The monoisotopic (exact) mass is 940 g/mol. The summed E-state index contributed by atoms with van der Waals surface area (Å²) in [5, 5.41) is 35.1. The number of ketones is 2. The van der Waals surface area contributed by atoms with E-state index in [1.165, 1.54) is 6.92 Å². The Kier molecular flexibility index (Phi) is 23.4. The number of hydrogen-bond donors (Lipinski definition) is 4. The first-order valence-corrected chi connectivity index (χ1v) is 18.8. The van der Waals surface area contributed by atoms with Gasteiger partial charge in [0.05, 0.1) is 11.7 Å². The van der Waals surface area contributed by atoms with E-state index in [4.69, 9.17) is 29.9 Å². The molecule has 0 saturated heterocycles. The highest BCUT2D eigenvalue weighted by Gasteiger charge is 2.15. The zero-order valence-corrected chi connectivity index (χ0v) is 35.0. The molecular formula is C41H40BBr3O10. The third-order valence-electron chi connectivity index (χ3n) is 7.56. The Morgan fingerprint density at radius 2 is 1.25 bits per heavy atom. The fraction of sp³-hybridized carbons (Fsp3) is 0.195. The fourth-order valence-corrected chi connectivity index (χ4v) is 5.91. The maximum Gasteiger partial charge on any atom is 0.488 e. The summed E-state index contributed by atoms with van der Waals surface area (Å²) in [5.41, 5.74) is 6.22. The first kappa shape index (κ1) is 48.6. The summed E-state index contributed by atoms with van der Waals surface area (Å²) in [6.07, 6.45) is 18.9. The Morgan fingerprint density at radius 1 is 0.727 bits per heavy atom. The molecule has 0 radical (unpaired) electrons. The average Bonchev–Trinajstić information content (AvgIpc) is 3.99. The van der Waals surface area contributed by atoms with Crippen LogP contribution in [0.5, 0.6) is 0 Å². The standard InChI is InChI=1S/C14H12O3.C7H9BrO.C7H7BrO.C6H7BO2.C6H5BrO.CO2/c1-9(15)10-5-6-12(7-10)11-3-2-4-13(8-11)14(16)17;2*1-5(9)6-2-3-7(8)4-6;8-7(9)6-4-2-1-3-5-6;7-6-2-1-5(3-6)4-8;2-1-3/h2-6,8H,7H2,1H3,(H,16,17);2-3,5,9H,4H2,1H3;2-3H,4H2,1H3;1-5,8-9H;1-2,4H,3H2;. The lowest BCUT2D eigenvalue weighted by Crippen LogP contribution is -2.29. The minimum atomic E-state index is -1.34. The Balaban J connectivity index is 0.000000349. The molecule has 2 aromatic carbocycles. The number of hydrogen-bond acceptors (Lipinski definition) is 9. The summed E-state index contributed by atoms with van der Waals surface area (Å²) in [7, 11) is -1.34. The third kappa shape index (κ3) is 19.7. The van der Waals surface area contributed by atoms with E-state index >= 15 is 0 Å². The third-order valence-corrected chi connectivity index (χ3v) is 9.20. The van der Waals surface area contributed by atoms with Gasteiger partial charge in [0, 0.05) is 25.7 Å². The molecule has 0 heterocycles. The van der Waals surface area contributed by atoms with Gasteiger partial charge in [-0.1, -0.05) is 139 Å². The molecule has 288 valence electrons. The second kappa shape index (κ2) is 26.4. The van der Waals surface area contributed by atoms with E-state index in [-0.39, 0.29) is 29.4 Å². The van der Waals surface area contributed by atoms with Crippen LogP contribution >= 0.6 is 47.8 Å². The topological polar surface area (TPSA) is 183 Å². The summed E-state index contributed by atoms with van der Waals surface area (Å²) < 4.78 is 3.32. The first-order valence-electron chi connectivity index (χ1n) is 16.5. The Bertz CT molecular complexity index is 1960. The Labute approximate surface area is 345 Å². The molecule has 0 aliphatic heterocycles. The zero-order chi connectivity index (χ0) is 41.5. The number of benzene rings is 2. The van der Waals surface area contributed by atoms with Gasteiger partial charge < -0.3 is 20.3 Å². The molecule has 4 aliphatic carbocycles. The van der Waals surface area contributed by atoms with E-state index < -0.39 is 13.1 Å². The van der Waals surface area contributed by atoms with Gasteiger partial charge in [0.2, 0.25) is 0 Å². The molecule has 14 heteroatoms. The van der Waals surface area contributed by atoms with Crippen LogP contribution in [0.25, 0.3) is 5.57 Å². The van der Waals surface area contributed by atoms with Gasteiger partial charge in [0.1, 0.15) is 6.29 Å². The van der Waals surface area contributed by atoms with E-state index in [2.05, 4.69) is 47.8 Å². The van der Waals surface area contributed by atoms with Gasteiger partial charge in [-0.15, -0.1) is 0 Å². The summed E-state index contributed by atoms with van der Waals surface area (Å²) in [4.78, 5) is 59.0. The molecule has 0 fully saturated rings. The molecule has 0 bridgehead atoms. The molecule has 4 aliphatic rings. The van der Waals surface area contributed by atoms with Gasteiger partial charge in [-0.2, -0.15) is 9.59 Å². The predicted molar refractivity (Wildman–Crippen MR) is 224 cm³/mol. The van der Waals surface area contributed by atoms with E-state index in [0.717, 1.165) is 72.4 Å². The molecule has 55 heavy (non-hydrogen) atoms. The highest BCUT2D eigenvalue weighted by atomic mass is 79.9. The fourth-order valence-electron chi connectivity index (χ4n) is 4.56. The average molecular weight is 943 g/mol. The lowest BCUT2D eigenvalue weighted by Gasteiger charge is -2.04. The van der Waals surface area contributed by atoms with Gasteiger partial charge in [-0.25, -0.2) is 4.79 Å². The highest BCUT2D eigenvalue weighted by molar-refractivity contribution is 9.12. The summed E-state index contributed by atoms with van der Waals surface area (Å²) in [6, 6.07) is 15.4. The molecule has 1 atom stereocenters. The summed E-state index contributed by atoms with van der Waals surface area (Å²) in [5.74, 6) is -0.712. The molecule has 2 aromatic rings. The van der Waals surface area contributed by atoms with E-state index in [9.17, 15) is 19.2 Å². The maximum absolute atomic E-state index is 11.2. The normalized spacial score (nSPS) is 14.9. The van der Waals surface area contributed by atoms with Crippen molar-refractivity contribution in [2.24, 2.45) is 0 Å². The van der Waals surface area contributed by atoms with Gasteiger partial charge in [0.15, 0.2) is 11.6 Å². The lowest BCUT2D eigenvalue weighted by molar-refractivity contribution is -0.191. The van der Waals surface area contributed by atoms with E-state index in [1.54, 1.807) is 62.4 Å². The predicted octanol–water partition coefficient (Wildman–Crippen LogP) is 7.42. The SMILES string of the molecule is CC(=O)C1=CC=C(Br)C1.CC(=O)C1=CC=C(c2cccc(C(=O)O)c2)C1.CC(O)C1=CC=C(Br)C1.O=C=O.O=CC1=CC=C(Br)C1.OB(O)c1ccccc1. The zero-order valence-electron chi connectivity index (χ0n) is 30.2. The lowest BCUT2D eigenvalue weighted by atomic mass is 9.81. The number of halogens is 3. The van der Waals surface area contributed by atoms with Crippen molar-refractivity contribution in [2.45, 2.75) is 52.6 Å². The highest BCUT2D eigenvalue weighted by Crippen LogP contribution is 2.29. The summed E-state index contributed by atoms with van der Waals surface area (Å²) >= 11 is 9.92. The second-order valence-corrected chi connectivity index (χ2v) is 14.8. The van der Waals surface area contributed by atoms with Crippen molar-refractivity contribution >= 4 is 95.9 Å². The van der Waals surface area contributed by atoms with Crippen molar-refractivity contribution in [3.8, 4) is 0 Å². The molecule has 0 spiro atoms. The molecule has 0 amide bonds. The minimum absolute atomic E-state index is 0.0608. The van der Waals surface area contributed by atoms with Crippen LogP contribution < -0.4 is 5.46 Å². The van der Waals surface area contributed by atoms with Crippen molar-refractivity contribution in [3.05, 3.63) is 150 Å². The first-order chi connectivity index (χ1) is 26.0. The van der Waals surface area contributed by atoms with E-state index in [1.807, 2.05) is 54.7 Å². The number of aliphatic hydroxyl groups excluding tert-OH is 1. The van der Waals surface area contributed by atoms with Crippen molar-refractivity contribution in [1.82, 2.24) is 0 Å². The van der Waals surface area contributed by atoms with Crippen LogP contribution in [0, 0.1) is 0 Å². The molecule has 4 N–H and O–H groups in total. The van der Waals surface area contributed by atoms with Crippen LogP contribution in [-0.2, 0) is 24.0 Å². The van der Waals surface area contributed by atoms with Crippen molar-refractivity contribution in [3.63, 3.8) is 0 Å². The van der Waals surface area contributed by atoms with Crippen LogP contribution in [-0.4, -0.2) is 63.5 Å². The molecule has 0 aromatic heterocycles. The van der Waals surface area contributed by atoms with Gasteiger partial charge in [-0.3, -0.25) is 14.4 Å². The van der Waals surface area contributed by atoms with Gasteiger partial charge in [-0.05, 0) is 85.2 Å². The molecule has 0 saturated carbocycles. The minimum Gasteiger partial charge on any atom is -0.478 e. The largest absolute Gasteiger partial charge is 0.488 e. The number of rotatable bonds is 7. The molecular weight excluding hydrogens is 903 g/mol. The number of carbonyl (C=O) groups is 4. The molecule has 10 nitrogen and oxygen atoms in total. The quantitative estimate of drug-likeness (QED) is 0.161. The van der Waals surface area contributed by atoms with E-state index in [0.29, 0.717) is 11.9 Å². The number of aliphatic hydroxyl groups is 1. The van der Waals surface area contributed by atoms with Crippen LogP contribution in [0.1, 0.15) is 62.4 Å². The number of carboxylic acids is 1. The van der Waals surface area contributed by atoms with Crippen molar-refractivity contribution in [2.75, 3.05) is 0 Å². The van der Waals surface area contributed by atoms with Crippen LogP contribution in [0.2, 0.25) is 0 Å². The van der Waals surface area contributed by atoms with Crippen LogP contribution in [0.4, 0.5) is 0 Å². The smallest absolute Gasteiger partial charge is 0.478 e. The number of allylic oxidation sites excluding steroid dienone is 15. The summed E-state index contributed by atoms with van der Waals surface area (Å²) in [6.45, 7) is 4.91. The Hall–Kier alpha value is -4.40. The van der Waals surface area contributed by atoms with Crippen molar-refractivity contribution in [1.29, 1.82) is 0 Å². The number of carboxylic acid groups (broad SMARTS) is 1. The van der Waals surface area contributed by atoms with Crippen LogP contribution in [0.15, 0.2) is 139 Å². The molecule has 6 rings (SSSR count). The molecule has 1 unspecified atom stereocenters. The number of aromatic carboxylic acids is 1. The second-order valence-electron chi connectivity index (χ2n) is 11.8.